The summed E-state index contributed by atoms with van der Waals surface area (Å²) in [7, 11) is 0. The molecule has 0 heterocycles. The molecule has 0 saturated carbocycles. The largest absolute Gasteiger partial charge is 0.492 e. The van der Waals surface area contributed by atoms with E-state index in [1.807, 2.05) is 42.5 Å². The van der Waals surface area contributed by atoms with Crippen molar-refractivity contribution in [1.82, 2.24) is 5.32 Å². The molecule has 110 valence electrons. The smallest absolute Gasteiger partial charge is 0.170 e. The Kier molecular flexibility index (Phi) is 5.58. The average molecular weight is 300 g/mol. The van der Waals surface area contributed by atoms with Gasteiger partial charge in [0, 0.05) is 5.69 Å². The molecule has 0 radical (unpaired) electrons. The van der Waals surface area contributed by atoms with Gasteiger partial charge in [-0.3, -0.25) is 0 Å². The highest BCUT2D eigenvalue weighted by Crippen LogP contribution is 2.15. The van der Waals surface area contributed by atoms with Crippen molar-refractivity contribution < 1.29 is 4.74 Å². The zero-order valence-corrected chi connectivity index (χ0v) is 13.2. The van der Waals surface area contributed by atoms with Crippen LogP contribution >= 0.6 is 12.2 Å². The molecule has 0 atom stereocenters. The number of hydrogen-bond acceptors (Lipinski definition) is 2. The summed E-state index contributed by atoms with van der Waals surface area (Å²) in [6.45, 7) is 5.36. The van der Waals surface area contributed by atoms with Crippen molar-refractivity contribution in [3.63, 3.8) is 0 Å². The molecule has 2 aromatic rings. The Hall–Kier alpha value is -2.07. The van der Waals surface area contributed by atoms with Crippen molar-refractivity contribution in [3.05, 3.63) is 59.7 Å². The molecule has 0 fully saturated rings. The molecule has 0 aliphatic heterocycles. The van der Waals surface area contributed by atoms with Gasteiger partial charge in [0.15, 0.2) is 5.11 Å². The summed E-state index contributed by atoms with van der Waals surface area (Å²) >= 11 is 5.23. The molecule has 2 rings (SSSR count). The standard InChI is InChI=1S/C17H20N2OS/c1-13-10-14(2)12-16(11-13)20-9-8-18-17(21)19-15-6-4-3-5-7-15/h3-7,10-12H,8-9H2,1-2H3,(H2,18,19,21). The molecule has 0 aliphatic rings. The highest BCUT2D eigenvalue weighted by molar-refractivity contribution is 7.80. The molecule has 4 heteroatoms. The lowest BCUT2D eigenvalue weighted by atomic mass is 10.1. The van der Waals surface area contributed by atoms with Crippen LogP contribution in [0.15, 0.2) is 48.5 Å². The second-order valence-corrected chi connectivity index (χ2v) is 5.33. The second-order valence-electron chi connectivity index (χ2n) is 4.92. The summed E-state index contributed by atoms with van der Waals surface area (Å²) in [5.74, 6) is 0.899. The van der Waals surface area contributed by atoms with Crippen molar-refractivity contribution >= 4 is 23.0 Å². The summed E-state index contributed by atoms with van der Waals surface area (Å²) in [4.78, 5) is 0. The van der Waals surface area contributed by atoms with Gasteiger partial charge in [-0.05, 0) is 61.5 Å². The number of ether oxygens (including phenoxy) is 1. The normalized spacial score (nSPS) is 10.0. The van der Waals surface area contributed by atoms with Gasteiger partial charge >= 0.3 is 0 Å². The second kappa shape index (κ2) is 7.64. The van der Waals surface area contributed by atoms with Crippen LogP contribution in [0.3, 0.4) is 0 Å². The monoisotopic (exact) mass is 300 g/mol. The number of anilines is 1. The molecule has 0 amide bonds. The molecular formula is C17H20N2OS. The lowest BCUT2D eigenvalue weighted by Crippen LogP contribution is -2.31. The molecule has 21 heavy (non-hydrogen) atoms. The Labute approximate surface area is 131 Å². The van der Waals surface area contributed by atoms with E-state index in [0.29, 0.717) is 18.3 Å². The van der Waals surface area contributed by atoms with Gasteiger partial charge in [-0.15, -0.1) is 0 Å². The van der Waals surface area contributed by atoms with E-state index in [9.17, 15) is 0 Å². The van der Waals surface area contributed by atoms with Gasteiger partial charge in [-0.2, -0.15) is 0 Å². The maximum absolute atomic E-state index is 5.72. The summed E-state index contributed by atoms with van der Waals surface area (Å²) in [5, 5.41) is 6.85. The molecule has 0 bridgehead atoms. The number of benzene rings is 2. The number of aryl methyl sites for hydroxylation is 2. The Balaban J connectivity index is 1.71. The molecule has 0 saturated heterocycles. The molecule has 0 aliphatic carbocycles. The Morgan fingerprint density at radius 1 is 1.05 bits per heavy atom. The first kappa shape index (κ1) is 15.3. The minimum atomic E-state index is 0.569. The fraction of sp³-hybridized carbons (Fsp3) is 0.235. The first-order chi connectivity index (χ1) is 10.1. The van der Waals surface area contributed by atoms with Crippen LogP contribution in [0.25, 0.3) is 0 Å². The van der Waals surface area contributed by atoms with Crippen molar-refractivity contribution in [2.24, 2.45) is 0 Å². The number of para-hydroxylation sites is 1. The predicted molar refractivity (Wildman–Crippen MR) is 92.1 cm³/mol. The Bertz CT molecular complexity index is 579. The molecule has 2 N–H and O–H groups in total. The van der Waals surface area contributed by atoms with Gasteiger partial charge in [0.2, 0.25) is 0 Å². The van der Waals surface area contributed by atoms with Crippen LogP contribution in [0.2, 0.25) is 0 Å². The minimum Gasteiger partial charge on any atom is -0.492 e. The molecule has 0 spiro atoms. The fourth-order valence-electron chi connectivity index (χ4n) is 2.05. The third-order valence-electron chi connectivity index (χ3n) is 2.88. The highest BCUT2D eigenvalue weighted by atomic mass is 32.1. The van der Waals surface area contributed by atoms with Crippen LogP contribution in [0.1, 0.15) is 11.1 Å². The van der Waals surface area contributed by atoms with Crippen LogP contribution in [0, 0.1) is 13.8 Å². The van der Waals surface area contributed by atoms with E-state index in [1.54, 1.807) is 0 Å². The molecule has 0 aromatic heterocycles. The number of hydrogen-bond donors (Lipinski definition) is 2. The van der Waals surface area contributed by atoms with Gasteiger partial charge in [0.1, 0.15) is 12.4 Å². The van der Waals surface area contributed by atoms with E-state index in [2.05, 4.69) is 30.5 Å². The Morgan fingerprint density at radius 2 is 1.71 bits per heavy atom. The maximum Gasteiger partial charge on any atom is 0.170 e. The van der Waals surface area contributed by atoms with Gasteiger partial charge in [0.25, 0.3) is 0 Å². The van der Waals surface area contributed by atoms with E-state index >= 15 is 0 Å². The van der Waals surface area contributed by atoms with Gasteiger partial charge < -0.3 is 15.4 Å². The van der Waals surface area contributed by atoms with Crippen LogP contribution in [-0.4, -0.2) is 18.3 Å². The molecule has 2 aromatic carbocycles. The van der Waals surface area contributed by atoms with Crippen molar-refractivity contribution in [1.29, 1.82) is 0 Å². The van der Waals surface area contributed by atoms with Gasteiger partial charge in [0.05, 0.1) is 6.54 Å². The van der Waals surface area contributed by atoms with Crippen molar-refractivity contribution in [3.8, 4) is 5.75 Å². The first-order valence-corrected chi connectivity index (χ1v) is 7.35. The zero-order valence-electron chi connectivity index (χ0n) is 12.3. The van der Waals surface area contributed by atoms with E-state index in [1.165, 1.54) is 11.1 Å². The van der Waals surface area contributed by atoms with Crippen LogP contribution in [0.5, 0.6) is 5.75 Å². The minimum absolute atomic E-state index is 0.569. The molecular weight excluding hydrogens is 280 g/mol. The average Bonchev–Trinajstić information content (AvgIpc) is 2.44. The lowest BCUT2D eigenvalue weighted by molar-refractivity contribution is 0.322. The molecule has 3 nitrogen and oxygen atoms in total. The summed E-state index contributed by atoms with van der Waals surface area (Å²) in [5.41, 5.74) is 3.39. The fourth-order valence-corrected chi connectivity index (χ4v) is 2.27. The van der Waals surface area contributed by atoms with Crippen LogP contribution < -0.4 is 15.4 Å². The highest BCUT2D eigenvalue weighted by Gasteiger charge is 1.99. The van der Waals surface area contributed by atoms with E-state index in [4.69, 9.17) is 17.0 Å². The van der Waals surface area contributed by atoms with E-state index < -0.39 is 0 Å². The van der Waals surface area contributed by atoms with Gasteiger partial charge in [-0.25, -0.2) is 0 Å². The summed E-state index contributed by atoms with van der Waals surface area (Å²) in [6, 6.07) is 16.0. The SMILES string of the molecule is Cc1cc(C)cc(OCCNC(=S)Nc2ccccc2)c1. The molecule has 0 unspecified atom stereocenters. The maximum atomic E-state index is 5.72. The number of nitrogens with one attached hydrogen (secondary N) is 2. The van der Waals surface area contributed by atoms with E-state index in [-0.39, 0.29) is 0 Å². The Morgan fingerprint density at radius 3 is 2.38 bits per heavy atom. The van der Waals surface area contributed by atoms with Gasteiger partial charge in [-0.1, -0.05) is 24.3 Å². The summed E-state index contributed by atoms with van der Waals surface area (Å²) < 4.78 is 5.72. The van der Waals surface area contributed by atoms with Crippen LogP contribution in [-0.2, 0) is 0 Å². The van der Waals surface area contributed by atoms with E-state index in [0.717, 1.165) is 11.4 Å². The predicted octanol–water partition coefficient (Wildman–Crippen LogP) is 3.67. The lowest BCUT2D eigenvalue weighted by Gasteiger charge is -2.12. The number of rotatable bonds is 5. The third kappa shape index (κ3) is 5.44. The quantitative estimate of drug-likeness (QED) is 0.652. The summed E-state index contributed by atoms with van der Waals surface area (Å²) in [6.07, 6.45) is 0. The topological polar surface area (TPSA) is 33.3 Å². The third-order valence-corrected chi connectivity index (χ3v) is 3.13. The van der Waals surface area contributed by atoms with Crippen molar-refractivity contribution in [2.75, 3.05) is 18.5 Å². The number of thiocarbonyl (C=S) groups is 1. The van der Waals surface area contributed by atoms with Crippen LogP contribution in [0.4, 0.5) is 5.69 Å². The van der Waals surface area contributed by atoms with Crippen molar-refractivity contribution in [2.45, 2.75) is 13.8 Å². The zero-order chi connectivity index (χ0) is 15.1. The first-order valence-electron chi connectivity index (χ1n) is 6.94.